The highest BCUT2D eigenvalue weighted by Crippen LogP contribution is 2.38. The second-order valence-electron chi connectivity index (χ2n) is 4.16. The van der Waals surface area contributed by atoms with E-state index >= 15 is 0 Å². The fourth-order valence-electron chi connectivity index (χ4n) is 2.37. The van der Waals surface area contributed by atoms with E-state index in [1.165, 1.54) is 19.1 Å². The maximum atomic E-state index is 13.5. The van der Waals surface area contributed by atoms with Gasteiger partial charge in [0.15, 0.2) is 5.54 Å². The number of halogens is 1. The number of carboxylic acids is 1. The molecule has 0 heterocycles. The zero-order valence-electron chi connectivity index (χ0n) is 9.29. The summed E-state index contributed by atoms with van der Waals surface area (Å²) in [6.07, 6.45) is 0.493. The van der Waals surface area contributed by atoms with Gasteiger partial charge in [0.25, 0.3) is 0 Å². The molecule has 1 aromatic rings. The van der Waals surface area contributed by atoms with Crippen molar-refractivity contribution in [1.29, 1.82) is 0 Å². The molecule has 2 N–H and O–H groups in total. The third-order valence-electron chi connectivity index (χ3n) is 3.08. The van der Waals surface area contributed by atoms with Crippen molar-refractivity contribution in [2.24, 2.45) is 0 Å². The molecule has 0 aliphatic heterocycles. The number of carboxylic acid groups (broad SMARTS) is 1. The molecule has 0 aromatic heterocycles. The minimum absolute atomic E-state index is 0.179. The number of carbonyl (C=O) groups is 2. The highest BCUT2D eigenvalue weighted by atomic mass is 19.1. The van der Waals surface area contributed by atoms with E-state index in [9.17, 15) is 19.1 Å². The Bertz CT molecular complexity index is 501. The number of nitrogens with one attached hydrogen (secondary N) is 1. The SMILES string of the molecule is CC(=O)NC1(C(=O)O)CCc2c(F)cccc21. The summed E-state index contributed by atoms with van der Waals surface area (Å²) in [4.78, 5) is 22.5. The van der Waals surface area contributed by atoms with Gasteiger partial charge in [-0.2, -0.15) is 0 Å². The average Bonchev–Trinajstić information content (AvgIpc) is 2.59. The predicted molar refractivity (Wildman–Crippen MR) is 57.9 cm³/mol. The topological polar surface area (TPSA) is 66.4 Å². The molecule has 90 valence electrons. The lowest BCUT2D eigenvalue weighted by Gasteiger charge is -2.26. The van der Waals surface area contributed by atoms with Crippen molar-refractivity contribution in [3.8, 4) is 0 Å². The van der Waals surface area contributed by atoms with Crippen LogP contribution in [0.2, 0.25) is 0 Å². The van der Waals surface area contributed by atoms with Crippen LogP contribution in [0.4, 0.5) is 4.39 Å². The van der Waals surface area contributed by atoms with Crippen molar-refractivity contribution < 1.29 is 19.1 Å². The summed E-state index contributed by atoms with van der Waals surface area (Å²) >= 11 is 0. The molecule has 5 heteroatoms. The fraction of sp³-hybridized carbons (Fsp3) is 0.333. The van der Waals surface area contributed by atoms with Crippen LogP contribution in [0.25, 0.3) is 0 Å². The third kappa shape index (κ3) is 1.67. The van der Waals surface area contributed by atoms with Crippen molar-refractivity contribution in [1.82, 2.24) is 5.32 Å². The molecule has 17 heavy (non-hydrogen) atoms. The first-order valence-electron chi connectivity index (χ1n) is 5.27. The summed E-state index contributed by atoms with van der Waals surface area (Å²) in [6.45, 7) is 1.25. The fourth-order valence-corrected chi connectivity index (χ4v) is 2.37. The maximum absolute atomic E-state index is 13.5. The van der Waals surface area contributed by atoms with Crippen LogP contribution in [0.5, 0.6) is 0 Å². The van der Waals surface area contributed by atoms with Crippen molar-refractivity contribution in [2.75, 3.05) is 0 Å². The second-order valence-corrected chi connectivity index (χ2v) is 4.16. The van der Waals surface area contributed by atoms with Gasteiger partial charge in [0.05, 0.1) is 0 Å². The normalized spacial score (nSPS) is 22.0. The van der Waals surface area contributed by atoms with Gasteiger partial charge in [-0.15, -0.1) is 0 Å². The third-order valence-corrected chi connectivity index (χ3v) is 3.08. The molecule has 1 unspecified atom stereocenters. The molecule has 4 nitrogen and oxygen atoms in total. The number of fused-ring (bicyclic) bond motifs is 1. The van der Waals surface area contributed by atoms with Gasteiger partial charge in [0.1, 0.15) is 5.82 Å². The van der Waals surface area contributed by atoms with Crippen LogP contribution >= 0.6 is 0 Å². The Kier molecular flexibility index (Phi) is 2.61. The number of aliphatic carboxylic acids is 1. The molecule has 1 atom stereocenters. The van der Waals surface area contributed by atoms with Crippen LogP contribution in [-0.2, 0) is 21.5 Å². The van der Waals surface area contributed by atoms with Gasteiger partial charge in [-0.25, -0.2) is 9.18 Å². The summed E-state index contributed by atoms with van der Waals surface area (Å²) < 4.78 is 13.5. The molecule has 1 aromatic carbocycles. The first kappa shape index (κ1) is 11.6. The zero-order chi connectivity index (χ0) is 12.6. The van der Waals surface area contributed by atoms with Gasteiger partial charge in [0.2, 0.25) is 5.91 Å². The molecule has 1 aliphatic carbocycles. The number of carbonyl (C=O) groups excluding carboxylic acids is 1. The van der Waals surface area contributed by atoms with Gasteiger partial charge < -0.3 is 10.4 Å². The van der Waals surface area contributed by atoms with E-state index in [0.29, 0.717) is 17.5 Å². The Labute approximate surface area is 97.4 Å². The van der Waals surface area contributed by atoms with Crippen molar-refractivity contribution in [3.05, 3.63) is 35.1 Å². The smallest absolute Gasteiger partial charge is 0.334 e. The Morgan fingerprint density at radius 3 is 2.76 bits per heavy atom. The van der Waals surface area contributed by atoms with E-state index in [-0.39, 0.29) is 6.42 Å². The molecule has 0 bridgehead atoms. The largest absolute Gasteiger partial charge is 0.479 e. The van der Waals surface area contributed by atoms with E-state index in [4.69, 9.17) is 0 Å². The zero-order valence-corrected chi connectivity index (χ0v) is 9.29. The maximum Gasteiger partial charge on any atom is 0.334 e. The summed E-state index contributed by atoms with van der Waals surface area (Å²) in [5.74, 6) is -2.02. The summed E-state index contributed by atoms with van der Waals surface area (Å²) in [5, 5.41) is 11.7. The van der Waals surface area contributed by atoms with E-state index in [0.717, 1.165) is 0 Å². The molecule has 0 saturated carbocycles. The molecule has 0 spiro atoms. The van der Waals surface area contributed by atoms with Crippen LogP contribution in [0, 0.1) is 5.82 Å². The van der Waals surface area contributed by atoms with E-state index < -0.39 is 23.2 Å². The summed E-state index contributed by atoms with van der Waals surface area (Å²) in [6, 6.07) is 4.30. The Balaban J connectivity index is 2.57. The van der Waals surface area contributed by atoms with Gasteiger partial charge in [-0.3, -0.25) is 4.79 Å². The summed E-state index contributed by atoms with van der Waals surface area (Å²) in [7, 11) is 0. The van der Waals surface area contributed by atoms with Gasteiger partial charge in [-0.05, 0) is 30.0 Å². The van der Waals surface area contributed by atoms with Gasteiger partial charge in [0, 0.05) is 6.92 Å². The lowest BCUT2D eigenvalue weighted by molar-refractivity contribution is -0.147. The standard InChI is InChI=1S/C12H12FNO3/c1-7(15)14-12(11(16)17)6-5-8-9(12)3-2-4-10(8)13/h2-4H,5-6H2,1H3,(H,14,15)(H,16,17). The molecule has 0 radical (unpaired) electrons. The summed E-state index contributed by atoms with van der Waals surface area (Å²) in [5.41, 5.74) is -0.757. The van der Waals surface area contributed by atoms with E-state index in [1.54, 1.807) is 6.07 Å². The first-order chi connectivity index (χ1) is 7.97. The Hall–Kier alpha value is -1.91. The van der Waals surface area contributed by atoms with Crippen molar-refractivity contribution >= 4 is 11.9 Å². The highest BCUT2D eigenvalue weighted by Gasteiger charge is 2.47. The second kappa shape index (κ2) is 3.84. The molecule has 2 rings (SSSR count). The van der Waals surface area contributed by atoms with Crippen molar-refractivity contribution in [2.45, 2.75) is 25.3 Å². The molecule has 0 saturated heterocycles. The first-order valence-corrected chi connectivity index (χ1v) is 5.27. The number of hydrogen-bond acceptors (Lipinski definition) is 2. The Morgan fingerprint density at radius 2 is 2.18 bits per heavy atom. The average molecular weight is 237 g/mol. The molecule has 1 aliphatic rings. The molecule has 1 amide bonds. The van der Waals surface area contributed by atoms with Crippen LogP contribution in [0.1, 0.15) is 24.5 Å². The number of benzene rings is 1. The van der Waals surface area contributed by atoms with Gasteiger partial charge in [-0.1, -0.05) is 12.1 Å². The molecule has 0 fully saturated rings. The van der Waals surface area contributed by atoms with Crippen LogP contribution < -0.4 is 5.32 Å². The van der Waals surface area contributed by atoms with Crippen LogP contribution in [-0.4, -0.2) is 17.0 Å². The monoisotopic (exact) mass is 237 g/mol. The molecular weight excluding hydrogens is 225 g/mol. The Morgan fingerprint density at radius 1 is 1.47 bits per heavy atom. The number of rotatable bonds is 2. The minimum atomic E-state index is -1.48. The predicted octanol–water partition coefficient (Wildman–Crippen LogP) is 1.19. The quantitative estimate of drug-likeness (QED) is 0.811. The number of hydrogen-bond donors (Lipinski definition) is 2. The van der Waals surface area contributed by atoms with Gasteiger partial charge >= 0.3 is 5.97 Å². The minimum Gasteiger partial charge on any atom is -0.479 e. The lowest BCUT2D eigenvalue weighted by Crippen LogP contribution is -2.49. The van der Waals surface area contributed by atoms with Crippen LogP contribution in [0.15, 0.2) is 18.2 Å². The van der Waals surface area contributed by atoms with Crippen molar-refractivity contribution in [3.63, 3.8) is 0 Å². The molecular formula is C12H12FNO3. The van der Waals surface area contributed by atoms with E-state index in [1.807, 2.05) is 0 Å². The highest BCUT2D eigenvalue weighted by molar-refractivity contribution is 5.88. The van der Waals surface area contributed by atoms with Crippen LogP contribution in [0.3, 0.4) is 0 Å². The lowest BCUT2D eigenvalue weighted by atomic mass is 9.91. The number of amides is 1. The van der Waals surface area contributed by atoms with E-state index in [2.05, 4.69) is 5.32 Å².